The number of fused-ring (bicyclic) bond motifs is 3. The van der Waals surface area contributed by atoms with Crippen LogP contribution in [0.1, 0.15) is 22.6 Å². The fourth-order valence-electron chi connectivity index (χ4n) is 4.61. The van der Waals surface area contributed by atoms with Gasteiger partial charge in [-0.25, -0.2) is 4.79 Å². The van der Waals surface area contributed by atoms with Gasteiger partial charge in [0.05, 0.1) is 13.1 Å². The van der Waals surface area contributed by atoms with E-state index in [0.717, 1.165) is 16.7 Å². The highest BCUT2D eigenvalue weighted by molar-refractivity contribution is 5.84. The molecule has 5 rings (SSSR count). The summed E-state index contributed by atoms with van der Waals surface area (Å²) >= 11 is 0. The lowest BCUT2D eigenvalue weighted by Gasteiger charge is -2.46. The van der Waals surface area contributed by atoms with E-state index in [2.05, 4.69) is 29.6 Å². The van der Waals surface area contributed by atoms with Crippen molar-refractivity contribution >= 4 is 12.1 Å². The number of likely N-dealkylation sites (tertiary alicyclic amines) is 1. The Morgan fingerprint density at radius 1 is 0.906 bits per heavy atom. The lowest BCUT2D eigenvalue weighted by atomic mass is 9.90. The molecule has 0 aromatic heterocycles. The predicted molar refractivity (Wildman–Crippen MR) is 120 cm³/mol. The van der Waals surface area contributed by atoms with Gasteiger partial charge in [0.25, 0.3) is 0 Å². The fraction of sp³-hybridized carbons (Fsp3) is 0.231. The number of carbonyl (C=O) groups is 2. The van der Waals surface area contributed by atoms with Gasteiger partial charge in [-0.05, 0) is 27.8 Å². The molecule has 1 aliphatic carbocycles. The van der Waals surface area contributed by atoms with E-state index in [-0.39, 0.29) is 25.6 Å². The summed E-state index contributed by atoms with van der Waals surface area (Å²) in [7, 11) is 0. The van der Waals surface area contributed by atoms with Gasteiger partial charge in [-0.1, -0.05) is 78.9 Å². The van der Waals surface area contributed by atoms with Gasteiger partial charge < -0.3 is 14.7 Å². The van der Waals surface area contributed by atoms with Gasteiger partial charge in [-0.3, -0.25) is 10.1 Å². The molecule has 3 aromatic carbocycles. The first-order valence-electron chi connectivity index (χ1n) is 10.7. The Morgan fingerprint density at radius 3 is 2.06 bits per heavy atom. The molecule has 0 spiro atoms. The molecular weight excluding hydrogens is 404 g/mol. The zero-order valence-corrected chi connectivity index (χ0v) is 17.5. The highest BCUT2D eigenvalue weighted by Gasteiger charge is 2.52. The largest absolute Gasteiger partial charge is 0.480 e. The van der Waals surface area contributed by atoms with Crippen LogP contribution in [0.25, 0.3) is 11.1 Å². The van der Waals surface area contributed by atoms with E-state index < -0.39 is 17.6 Å². The lowest BCUT2D eigenvalue weighted by Crippen LogP contribution is -2.74. The molecule has 0 bridgehead atoms. The quantitative estimate of drug-likeness (QED) is 0.623. The van der Waals surface area contributed by atoms with Crippen LogP contribution >= 0.6 is 0 Å². The number of hydrogen-bond donors (Lipinski definition) is 2. The van der Waals surface area contributed by atoms with E-state index in [1.165, 1.54) is 16.0 Å². The Kier molecular flexibility index (Phi) is 5.15. The van der Waals surface area contributed by atoms with Crippen molar-refractivity contribution in [2.45, 2.75) is 18.0 Å². The smallest absolute Gasteiger partial charge is 0.409 e. The molecule has 1 amide bonds. The van der Waals surface area contributed by atoms with E-state index >= 15 is 0 Å². The summed E-state index contributed by atoms with van der Waals surface area (Å²) in [5.41, 5.74) is 4.48. The van der Waals surface area contributed by atoms with Crippen molar-refractivity contribution in [1.29, 1.82) is 0 Å². The average molecular weight is 428 g/mol. The van der Waals surface area contributed by atoms with Gasteiger partial charge >= 0.3 is 12.1 Å². The van der Waals surface area contributed by atoms with Crippen molar-refractivity contribution in [2.24, 2.45) is 0 Å². The lowest BCUT2D eigenvalue weighted by molar-refractivity contribution is -0.151. The molecule has 3 aromatic rings. The maximum absolute atomic E-state index is 12.7. The third-order valence-electron chi connectivity index (χ3n) is 6.40. The molecule has 1 fully saturated rings. The van der Waals surface area contributed by atoms with Crippen LogP contribution in [0.15, 0.2) is 78.9 Å². The number of carbonyl (C=O) groups excluding carboxylic acids is 1. The Balaban J connectivity index is 1.22. The van der Waals surface area contributed by atoms with E-state index in [1.54, 1.807) is 0 Å². The molecule has 2 N–H and O–H groups in total. The summed E-state index contributed by atoms with van der Waals surface area (Å²) in [6.45, 7) is 0.796. The predicted octanol–water partition coefficient (Wildman–Crippen LogP) is 3.86. The second-order valence-corrected chi connectivity index (χ2v) is 8.39. The van der Waals surface area contributed by atoms with Crippen molar-refractivity contribution in [3.05, 3.63) is 95.6 Å². The molecule has 162 valence electrons. The van der Waals surface area contributed by atoms with Crippen LogP contribution in [0.4, 0.5) is 4.79 Å². The number of nitrogens with zero attached hydrogens (tertiary/aromatic N) is 1. The Hall–Kier alpha value is -3.64. The summed E-state index contributed by atoms with van der Waals surface area (Å²) in [5, 5.41) is 12.8. The van der Waals surface area contributed by atoms with Crippen LogP contribution in [-0.2, 0) is 16.1 Å². The minimum absolute atomic E-state index is 0.0203. The zero-order chi connectivity index (χ0) is 22.1. The van der Waals surface area contributed by atoms with Crippen LogP contribution in [0.5, 0.6) is 0 Å². The molecule has 2 aliphatic rings. The van der Waals surface area contributed by atoms with Crippen molar-refractivity contribution in [2.75, 3.05) is 19.7 Å². The minimum Gasteiger partial charge on any atom is -0.480 e. The van der Waals surface area contributed by atoms with Gasteiger partial charge in [-0.15, -0.1) is 0 Å². The van der Waals surface area contributed by atoms with Crippen LogP contribution < -0.4 is 5.32 Å². The maximum atomic E-state index is 12.7. The standard InChI is InChI=1S/C26H24N2O4/c29-24(30)26(27-14-18-8-2-1-3-9-18)16-28(17-26)25(31)32-15-23-21-12-6-4-10-19(21)20-11-5-7-13-22(20)23/h1-13,23,27H,14-17H2,(H,29,30). The van der Waals surface area contributed by atoms with Crippen molar-refractivity contribution in [1.82, 2.24) is 10.2 Å². The molecule has 0 unspecified atom stereocenters. The van der Waals surface area contributed by atoms with Crippen LogP contribution in [0.2, 0.25) is 0 Å². The molecule has 1 aliphatic heterocycles. The van der Waals surface area contributed by atoms with E-state index in [9.17, 15) is 14.7 Å². The normalized spacial score (nSPS) is 16.1. The van der Waals surface area contributed by atoms with Crippen LogP contribution in [0, 0.1) is 0 Å². The molecule has 1 heterocycles. The molecular formula is C26H24N2O4. The van der Waals surface area contributed by atoms with E-state index in [0.29, 0.717) is 6.54 Å². The second kappa shape index (κ2) is 8.13. The van der Waals surface area contributed by atoms with E-state index in [1.807, 2.05) is 54.6 Å². The molecule has 0 atom stereocenters. The third kappa shape index (κ3) is 3.52. The van der Waals surface area contributed by atoms with Gasteiger partial charge in [0.2, 0.25) is 0 Å². The monoisotopic (exact) mass is 428 g/mol. The molecule has 6 nitrogen and oxygen atoms in total. The molecule has 0 radical (unpaired) electrons. The fourth-order valence-corrected chi connectivity index (χ4v) is 4.61. The summed E-state index contributed by atoms with van der Waals surface area (Å²) in [6, 6.07) is 25.9. The van der Waals surface area contributed by atoms with Crippen molar-refractivity contribution < 1.29 is 19.4 Å². The summed E-state index contributed by atoms with van der Waals surface area (Å²) < 4.78 is 5.65. The number of rotatable bonds is 6. The van der Waals surface area contributed by atoms with Gasteiger partial charge in [0.15, 0.2) is 5.54 Å². The summed E-state index contributed by atoms with van der Waals surface area (Å²) in [6.07, 6.45) is -0.481. The zero-order valence-electron chi connectivity index (χ0n) is 17.5. The van der Waals surface area contributed by atoms with E-state index in [4.69, 9.17) is 4.74 Å². The first-order chi connectivity index (χ1) is 15.6. The number of carboxylic acid groups (broad SMARTS) is 1. The third-order valence-corrected chi connectivity index (χ3v) is 6.40. The average Bonchev–Trinajstić information content (AvgIpc) is 3.11. The number of hydrogen-bond acceptors (Lipinski definition) is 4. The second-order valence-electron chi connectivity index (χ2n) is 8.39. The molecule has 0 saturated carbocycles. The number of benzene rings is 3. The van der Waals surface area contributed by atoms with Gasteiger partial charge in [-0.2, -0.15) is 0 Å². The maximum Gasteiger partial charge on any atom is 0.409 e. The first-order valence-corrected chi connectivity index (χ1v) is 10.7. The van der Waals surface area contributed by atoms with Crippen LogP contribution in [-0.4, -0.2) is 47.3 Å². The highest BCUT2D eigenvalue weighted by atomic mass is 16.6. The summed E-state index contributed by atoms with van der Waals surface area (Å²) in [5.74, 6) is -0.982. The Labute approximate surface area is 186 Å². The van der Waals surface area contributed by atoms with Crippen molar-refractivity contribution in [3.63, 3.8) is 0 Å². The van der Waals surface area contributed by atoms with Crippen LogP contribution in [0.3, 0.4) is 0 Å². The topological polar surface area (TPSA) is 78.9 Å². The first kappa shape index (κ1) is 20.3. The minimum atomic E-state index is -1.15. The number of nitrogens with one attached hydrogen (secondary N) is 1. The molecule has 6 heteroatoms. The highest BCUT2D eigenvalue weighted by Crippen LogP contribution is 2.44. The molecule has 1 saturated heterocycles. The summed E-state index contributed by atoms with van der Waals surface area (Å²) in [4.78, 5) is 26.0. The Morgan fingerprint density at radius 2 is 1.47 bits per heavy atom. The number of aliphatic carboxylic acids is 1. The SMILES string of the molecule is O=C(OCC1c2ccccc2-c2ccccc21)N1CC(NCc2ccccc2)(C(=O)O)C1. The Bertz CT molecular complexity index is 1110. The number of ether oxygens (including phenoxy) is 1. The number of amides is 1. The van der Waals surface area contributed by atoms with Crippen molar-refractivity contribution in [3.8, 4) is 11.1 Å². The number of carboxylic acids is 1. The van der Waals surface area contributed by atoms with Gasteiger partial charge in [0.1, 0.15) is 6.61 Å². The molecule has 32 heavy (non-hydrogen) atoms. The van der Waals surface area contributed by atoms with Gasteiger partial charge in [0, 0.05) is 12.5 Å².